The number of hydrogen-bond acceptors (Lipinski definition) is 2. The largest absolute Gasteiger partial charge is 0.355 e. The van der Waals surface area contributed by atoms with E-state index in [-0.39, 0.29) is 5.69 Å². The Kier molecular flexibility index (Phi) is 7.49. The lowest BCUT2D eigenvalue weighted by Crippen LogP contribution is -2.15. The molecule has 0 radical (unpaired) electrons. The molecule has 3 aromatic rings. The van der Waals surface area contributed by atoms with Crippen molar-refractivity contribution >= 4 is 22.4 Å². The normalized spacial score (nSPS) is 11.0. The highest BCUT2D eigenvalue weighted by Crippen LogP contribution is 2.20. The molecule has 0 amide bonds. The smallest absolute Gasteiger partial charge is 0.326 e. The predicted molar refractivity (Wildman–Crippen MR) is 112 cm³/mol. The van der Waals surface area contributed by atoms with Gasteiger partial charge in [-0.15, -0.1) is 0 Å². The van der Waals surface area contributed by atoms with Crippen molar-refractivity contribution in [3.63, 3.8) is 0 Å². The van der Waals surface area contributed by atoms with Gasteiger partial charge in [-0.1, -0.05) is 49.4 Å². The molecule has 0 atom stereocenters. The van der Waals surface area contributed by atoms with Crippen LogP contribution in [0.1, 0.15) is 27.2 Å². The predicted octanol–water partition coefficient (Wildman–Crippen LogP) is 5.62. The third kappa shape index (κ3) is 5.24. The number of allylic oxidation sites excluding steroid dienone is 4. The molecule has 3 rings (SSSR count). The number of imidazole rings is 1. The second-order valence-electron chi connectivity index (χ2n) is 5.81. The number of benzene rings is 2. The molecule has 0 saturated heterocycles. The molecule has 136 valence electrons. The standard InChI is InChI=1S/C18H19N3O.C4H8/c1-2-3-7-12-21-17-11-10-15(13-16(17)20-18(21)22)19-14-8-5-4-6-9-14;1-3-4-2/h3-11,13,19H,2,12H2,1H3,(H,20,22);3-4H,1-2H3/b7-3-;4-3-. The number of nitrogens with one attached hydrogen (secondary N) is 2. The van der Waals surface area contributed by atoms with Crippen molar-refractivity contribution in [2.24, 2.45) is 0 Å². The average Bonchev–Trinajstić information content (AvgIpc) is 2.98. The molecular weight excluding hydrogens is 322 g/mol. The summed E-state index contributed by atoms with van der Waals surface area (Å²) in [5.74, 6) is 0. The molecule has 0 unspecified atom stereocenters. The van der Waals surface area contributed by atoms with Gasteiger partial charge in [-0.05, 0) is 50.6 Å². The van der Waals surface area contributed by atoms with Crippen molar-refractivity contribution < 1.29 is 0 Å². The van der Waals surface area contributed by atoms with Gasteiger partial charge in [-0.25, -0.2) is 4.79 Å². The number of aromatic nitrogens is 2. The first kappa shape index (κ1) is 19.3. The van der Waals surface area contributed by atoms with Crippen LogP contribution in [-0.2, 0) is 6.54 Å². The molecule has 0 fully saturated rings. The lowest BCUT2D eigenvalue weighted by Gasteiger charge is -2.06. The maximum Gasteiger partial charge on any atom is 0.326 e. The fourth-order valence-corrected chi connectivity index (χ4v) is 2.46. The number of nitrogens with zero attached hydrogens (tertiary/aromatic N) is 1. The number of H-pyrrole nitrogens is 1. The molecule has 2 N–H and O–H groups in total. The van der Waals surface area contributed by atoms with Crippen molar-refractivity contribution in [1.29, 1.82) is 0 Å². The van der Waals surface area contributed by atoms with Crippen LogP contribution in [0.25, 0.3) is 11.0 Å². The number of fused-ring (bicyclic) bond motifs is 1. The molecule has 1 heterocycles. The minimum absolute atomic E-state index is 0.0763. The zero-order valence-electron chi connectivity index (χ0n) is 15.7. The van der Waals surface area contributed by atoms with Gasteiger partial charge < -0.3 is 10.3 Å². The van der Waals surface area contributed by atoms with E-state index in [0.717, 1.165) is 28.8 Å². The molecule has 26 heavy (non-hydrogen) atoms. The topological polar surface area (TPSA) is 49.8 Å². The van der Waals surface area contributed by atoms with Gasteiger partial charge >= 0.3 is 5.69 Å². The highest BCUT2D eigenvalue weighted by Gasteiger charge is 2.06. The molecule has 4 heteroatoms. The Hall–Kier alpha value is -3.01. The second kappa shape index (κ2) is 10.1. The van der Waals surface area contributed by atoms with Crippen LogP contribution in [-0.4, -0.2) is 9.55 Å². The summed E-state index contributed by atoms with van der Waals surface area (Å²) in [6.45, 7) is 6.67. The van der Waals surface area contributed by atoms with Crippen LogP contribution in [0.2, 0.25) is 0 Å². The summed E-state index contributed by atoms with van der Waals surface area (Å²) < 4.78 is 1.74. The monoisotopic (exact) mass is 349 g/mol. The Labute approximate surface area is 154 Å². The van der Waals surface area contributed by atoms with E-state index in [1.807, 2.05) is 80.6 Å². The fraction of sp³-hybridized carbons (Fsp3) is 0.227. The highest BCUT2D eigenvalue weighted by atomic mass is 16.1. The Bertz CT molecular complexity index is 913. The van der Waals surface area contributed by atoms with Crippen molar-refractivity contribution in [1.82, 2.24) is 9.55 Å². The zero-order valence-corrected chi connectivity index (χ0v) is 15.7. The van der Waals surface area contributed by atoms with Gasteiger partial charge in [0.25, 0.3) is 0 Å². The average molecular weight is 349 g/mol. The van der Waals surface area contributed by atoms with Gasteiger partial charge in [-0.3, -0.25) is 4.57 Å². The van der Waals surface area contributed by atoms with Gasteiger partial charge in [0.15, 0.2) is 0 Å². The van der Waals surface area contributed by atoms with E-state index < -0.39 is 0 Å². The Morgan fingerprint density at radius 1 is 1.00 bits per heavy atom. The van der Waals surface area contributed by atoms with Crippen LogP contribution in [0.15, 0.2) is 77.6 Å². The number of hydrogen-bond donors (Lipinski definition) is 2. The van der Waals surface area contributed by atoms with Crippen molar-refractivity contribution in [2.45, 2.75) is 33.7 Å². The quantitative estimate of drug-likeness (QED) is 0.587. The van der Waals surface area contributed by atoms with Crippen molar-refractivity contribution in [3.8, 4) is 0 Å². The molecule has 1 aromatic heterocycles. The van der Waals surface area contributed by atoms with Crippen LogP contribution in [0.3, 0.4) is 0 Å². The summed E-state index contributed by atoms with van der Waals surface area (Å²) in [5.41, 5.74) is 3.67. The molecule has 0 aliphatic heterocycles. The molecule has 0 aliphatic rings. The van der Waals surface area contributed by atoms with E-state index in [0.29, 0.717) is 6.54 Å². The fourth-order valence-electron chi connectivity index (χ4n) is 2.46. The SMILES string of the molecule is C/C=C\C.CC/C=C\Cn1c(=O)[nH]c2cc(Nc3ccccc3)ccc21. The first-order valence-corrected chi connectivity index (χ1v) is 8.96. The van der Waals surface area contributed by atoms with Crippen molar-refractivity contribution in [3.05, 3.63) is 83.3 Å². The van der Waals surface area contributed by atoms with E-state index >= 15 is 0 Å². The van der Waals surface area contributed by atoms with Crippen LogP contribution in [0.5, 0.6) is 0 Å². The number of rotatable bonds is 5. The Morgan fingerprint density at radius 2 is 1.73 bits per heavy atom. The first-order valence-electron chi connectivity index (χ1n) is 8.96. The van der Waals surface area contributed by atoms with E-state index in [1.54, 1.807) is 4.57 Å². The van der Waals surface area contributed by atoms with Gasteiger partial charge in [0.2, 0.25) is 0 Å². The summed E-state index contributed by atoms with van der Waals surface area (Å²) in [4.78, 5) is 15.0. The lowest BCUT2D eigenvalue weighted by molar-refractivity contribution is 0.805. The molecular formula is C22H27N3O. The van der Waals surface area contributed by atoms with E-state index in [1.165, 1.54) is 0 Å². The van der Waals surface area contributed by atoms with Gasteiger partial charge in [0, 0.05) is 17.9 Å². The first-order chi connectivity index (χ1) is 12.7. The third-order valence-electron chi connectivity index (χ3n) is 3.86. The second-order valence-corrected chi connectivity index (χ2v) is 5.81. The molecule has 0 saturated carbocycles. The number of para-hydroxylation sites is 1. The summed E-state index contributed by atoms with van der Waals surface area (Å²) in [6, 6.07) is 15.9. The summed E-state index contributed by atoms with van der Waals surface area (Å²) in [6.07, 6.45) is 9.06. The van der Waals surface area contributed by atoms with Crippen LogP contribution in [0, 0.1) is 0 Å². The van der Waals surface area contributed by atoms with Crippen LogP contribution < -0.4 is 11.0 Å². The maximum atomic E-state index is 12.1. The lowest BCUT2D eigenvalue weighted by atomic mass is 10.2. The summed E-state index contributed by atoms with van der Waals surface area (Å²) in [5, 5.41) is 3.33. The highest BCUT2D eigenvalue weighted by molar-refractivity contribution is 5.80. The van der Waals surface area contributed by atoms with E-state index in [4.69, 9.17) is 0 Å². The van der Waals surface area contributed by atoms with E-state index in [2.05, 4.69) is 23.3 Å². The molecule has 0 spiro atoms. The molecule has 0 bridgehead atoms. The number of aromatic amines is 1. The van der Waals surface area contributed by atoms with Crippen LogP contribution >= 0.6 is 0 Å². The molecule has 4 nitrogen and oxygen atoms in total. The summed E-state index contributed by atoms with van der Waals surface area (Å²) >= 11 is 0. The molecule has 2 aromatic carbocycles. The Morgan fingerprint density at radius 3 is 2.38 bits per heavy atom. The number of anilines is 2. The third-order valence-corrected chi connectivity index (χ3v) is 3.86. The zero-order chi connectivity index (χ0) is 18.8. The van der Waals surface area contributed by atoms with Crippen molar-refractivity contribution in [2.75, 3.05) is 5.32 Å². The van der Waals surface area contributed by atoms with Gasteiger partial charge in [0.1, 0.15) is 0 Å². The van der Waals surface area contributed by atoms with Gasteiger partial charge in [0.05, 0.1) is 11.0 Å². The molecule has 0 aliphatic carbocycles. The van der Waals surface area contributed by atoms with Gasteiger partial charge in [-0.2, -0.15) is 0 Å². The van der Waals surface area contributed by atoms with Crippen LogP contribution in [0.4, 0.5) is 11.4 Å². The minimum atomic E-state index is -0.0763. The summed E-state index contributed by atoms with van der Waals surface area (Å²) in [7, 11) is 0. The minimum Gasteiger partial charge on any atom is -0.355 e. The van der Waals surface area contributed by atoms with E-state index in [9.17, 15) is 4.79 Å². The maximum absolute atomic E-state index is 12.1. The Balaban J connectivity index is 0.000000552.